The van der Waals surface area contributed by atoms with Crippen molar-refractivity contribution < 1.29 is 14.9 Å². The lowest BCUT2D eigenvalue weighted by atomic mass is 9.46. The quantitative estimate of drug-likeness (QED) is 0.504. The summed E-state index contributed by atoms with van der Waals surface area (Å²) in [7, 11) is 0. The molecule has 1 spiro atoms. The first kappa shape index (κ1) is 21.1. The van der Waals surface area contributed by atoms with E-state index in [0.717, 1.165) is 38.6 Å². The van der Waals surface area contributed by atoms with Crippen molar-refractivity contribution in [1.29, 1.82) is 0 Å². The number of allylic oxidation sites excluding steroid dienone is 1. The maximum absolute atomic E-state index is 11.8. The van der Waals surface area contributed by atoms with Crippen LogP contribution in [0.25, 0.3) is 0 Å². The minimum absolute atomic E-state index is 0.0176. The molecule has 3 saturated carbocycles. The second kappa shape index (κ2) is 6.81. The highest BCUT2D eigenvalue weighted by molar-refractivity contribution is 5.27. The van der Waals surface area contributed by atoms with Crippen molar-refractivity contribution in [2.75, 3.05) is 6.54 Å². The molecule has 0 aromatic rings. The smallest absolute Gasteiger partial charge is 0.122 e. The lowest BCUT2D eigenvalue weighted by Crippen LogP contribution is -2.58. The number of aliphatic hydroxyl groups excluding tert-OH is 2. The average Bonchev–Trinajstić information content (AvgIpc) is 3.14. The van der Waals surface area contributed by atoms with Crippen molar-refractivity contribution in [2.24, 2.45) is 46.3 Å². The monoisotopic (exact) mass is 429 g/mol. The molecule has 0 unspecified atom stereocenters. The molecule has 5 fully saturated rings. The summed E-state index contributed by atoms with van der Waals surface area (Å²) in [6, 6.07) is 0. The van der Waals surface area contributed by atoms with Gasteiger partial charge in [-0.3, -0.25) is 5.32 Å². The molecule has 6 rings (SSSR count). The number of hydrogen-bond donors (Lipinski definition) is 3. The Labute approximate surface area is 188 Å². The first-order chi connectivity index (χ1) is 14.7. The van der Waals surface area contributed by atoms with Gasteiger partial charge in [-0.2, -0.15) is 0 Å². The van der Waals surface area contributed by atoms with Crippen LogP contribution in [0.4, 0.5) is 0 Å². The van der Waals surface area contributed by atoms with Gasteiger partial charge in [0.2, 0.25) is 0 Å². The molecule has 6 aliphatic rings. The van der Waals surface area contributed by atoms with E-state index in [1.807, 2.05) is 0 Å². The predicted octanol–water partition coefficient (Wildman–Crippen LogP) is 4.26. The Morgan fingerprint density at radius 3 is 2.58 bits per heavy atom. The Bertz CT molecular complexity index is 772. The van der Waals surface area contributed by atoms with E-state index in [9.17, 15) is 10.2 Å². The van der Waals surface area contributed by atoms with Crippen LogP contribution in [0.1, 0.15) is 79.1 Å². The molecule has 0 bridgehead atoms. The number of ether oxygens (including phenoxy) is 1. The van der Waals surface area contributed by atoms with Crippen LogP contribution in [0.5, 0.6) is 0 Å². The van der Waals surface area contributed by atoms with Crippen LogP contribution >= 0.6 is 0 Å². The maximum Gasteiger partial charge on any atom is 0.122 e. The minimum atomic E-state index is -0.349. The van der Waals surface area contributed by atoms with Gasteiger partial charge < -0.3 is 14.9 Å². The number of rotatable bonds is 0. The van der Waals surface area contributed by atoms with E-state index in [4.69, 9.17) is 4.74 Å². The number of piperidine rings is 1. The summed E-state index contributed by atoms with van der Waals surface area (Å²) >= 11 is 0. The minimum Gasteiger partial charge on any atom is -0.393 e. The molecule has 4 heteroatoms. The van der Waals surface area contributed by atoms with E-state index < -0.39 is 0 Å². The zero-order valence-corrected chi connectivity index (χ0v) is 19.9. The summed E-state index contributed by atoms with van der Waals surface area (Å²) in [5.74, 6) is 3.13. The number of nitrogens with one attached hydrogen (secondary N) is 1. The third kappa shape index (κ3) is 2.68. The average molecular weight is 430 g/mol. The summed E-state index contributed by atoms with van der Waals surface area (Å²) < 4.78 is 6.86. The highest BCUT2D eigenvalue weighted by Gasteiger charge is 2.71. The Morgan fingerprint density at radius 1 is 1.03 bits per heavy atom. The molecule has 0 amide bonds. The highest BCUT2D eigenvalue weighted by Crippen LogP contribution is 2.70. The SMILES string of the molecule is C[C@H]1CC[C@]2(NC1)O[C@H]1[C@H](O)[C@H]3[C@@H]4CC=C5C[C@@H](O)CC[C@]5(C)[C@H]4CC[C@]3(C)[C@H]1[C@@H]2C. The molecular weight excluding hydrogens is 386 g/mol. The van der Waals surface area contributed by atoms with Gasteiger partial charge in [0.1, 0.15) is 5.72 Å². The van der Waals surface area contributed by atoms with Crippen LogP contribution in [0, 0.1) is 46.3 Å². The molecule has 0 aromatic carbocycles. The van der Waals surface area contributed by atoms with Crippen molar-refractivity contribution in [3.05, 3.63) is 11.6 Å². The molecule has 0 radical (unpaired) electrons. The van der Waals surface area contributed by atoms with Crippen molar-refractivity contribution in [2.45, 2.75) is 103 Å². The van der Waals surface area contributed by atoms with Gasteiger partial charge in [0.05, 0.1) is 18.3 Å². The number of fused-ring (bicyclic) bond motifs is 7. The summed E-state index contributed by atoms with van der Waals surface area (Å²) in [6.45, 7) is 10.7. The van der Waals surface area contributed by atoms with E-state index >= 15 is 0 Å². The van der Waals surface area contributed by atoms with Crippen molar-refractivity contribution in [3.8, 4) is 0 Å². The highest BCUT2D eigenvalue weighted by atomic mass is 16.5. The van der Waals surface area contributed by atoms with Gasteiger partial charge in [0.15, 0.2) is 0 Å². The van der Waals surface area contributed by atoms with E-state index in [0.29, 0.717) is 35.5 Å². The molecule has 2 saturated heterocycles. The summed E-state index contributed by atoms with van der Waals surface area (Å²) in [5, 5.41) is 25.8. The molecule has 0 aromatic heterocycles. The lowest BCUT2D eigenvalue weighted by Gasteiger charge is -2.58. The van der Waals surface area contributed by atoms with Crippen LogP contribution in [-0.4, -0.2) is 40.8 Å². The van der Waals surface area contributed by atoms with Crippen molar-refractivity contribution >= 4 is 0 Å². The molecular formula is C27H43NO3. The first-order valence-electron chi connectivity index (χ1n) is 13.2. The summed E-state index contributed by atoms with van der Waals surface area (Å²) in [4.78, 5) is 0. The van der Waals surface area contributed by atoms with Gasteiger partial charge in [-0.1, -0.05) is 39.3 Å². The molecule has 4 nitrogen and oxygen atoms in total. The van der Waals surface area contributed by atoms with Crippen LogP contribution in [0.15, 0.2) is 11.6 Å². The molecule has 174 valence electrons. The number of hydrogen-bond acceptors (Lipinski definition) is 4. The van der Waals surface area contributed by atoms with E-state index in [1.54, 1.807) is 0 Å². The fourth-order valence-electron chi connectivity index (χ4n) is 9.87. The second-order valence-corrected chi connectivity index (χ2v) is 12.9. The Balaban J connectivity index is 1.32. The zero-order chi connectivity index (χ0) is 21.8. The van der Waals surface area contributed by atoms with Gasteiger partial charge in [-0.25, -0.2) is 0 Å². The van der Waals surface area contributed by atoms with Gasteiger partial charge in [-0.15, -0.1) is 0 Å². The summed E-state index contributed by atoms with van der Waals surface area (Å²) in [6.07, 6.45) is 10.7. The lowest BCUT2D eigenvalue weighted by molar-refractivity contribution is -0.152. The second-order valence-electron chi connectivity index (χ2n) is 12.9. The van der Waals surface area contributed by atoms with Gasteiger partial charge in [0.25, 0.3) is 0 Å². The van der Waals surface area contributed by atoms with Gasteiger partial charge in [0, 0.05) is 18.4 Å². The zero-order valence-electron chi connectivity index (χ0n) is 19.9. The topological polar surface area (TPSA) is 61.7 Å². The molecule has 3 N–H and O–H groups in total. The maximum atomic E-state index is 11.8. The van der Waals surface area contributed by atoms with Crippen molar-refractivity contribution in [3.63, 3.8) is 0 Å². The van der Waals surface area contributed by atoms with E-state index in [-0.39, 0.29) is 34.9 Å². The molecule has 4 aliphatic carbocycles. The fourth-order valence-corrected chi connectivity index (χ4v) is 9.87. The molecule has 2 aliphatic heterocycles. The third-order valence-corrected chi connectivity index (χ3v) is 11.6. The standard InChI is InChI=1S/C27H43NO3/c1-15-7-12-27(28-14-15)16(2)21-24(31-27)23(30)22-19-6-5-17-13-18(29)8-10-25(17,3)20(19)9-11-26(21,22)4/h5,15-16,18-24,28-30H,6-14H2,1-4H3/t15-,16-,18-,19+,20-,21-,22+,23+,24+,25-,26+,27-/m0/s1. The summed E-state index contributed by atoms with van der Waals surface area (Å²) in [5.41, 5.74) is 1.66. The third-order valence-electron chi connectivity index (χ3n) is 11.6. The molecule has 12 atom stereocenters. The Hall–Kier alpha value is -0.420. The van der Waals surface area contributed by atoms with E-state index in [2.05, 4.69) is 39.1 Å². The van der Waals surface area contributed by atoms with Gasteiger partial charge in [-0.05, 0) is 85.9 Å². The number of aliphatic hydroxyl groups is 2. The molecule has 31 heavy (non-hydrogen) atoms. The predicted molar refractivity (Wildman–Crippen MR) is 121 cm³/mol. The van der Waals surface area contributed by atoms with Gasteiger partial charge >= 0.3 is 0 Å². The Kier molecular flexibility index (Phi) is 4.64. The molecule has 2 heterocycles. The van der Waals surface area contributed by atoms with Crippen LogP contribution in [0.3, 0.4) is 0 Å². The fraction of sp³-hybridized carbons (Fsp3) is 0.926. The Morgan fingerprint density at radius 2 is 1.84 bits per heavy atom. The van der Waals surface area contributed by atoms with Crippen LogP contribution < -0.4 is 5.32 Å². The normalized spacial score (nSPS) is 60.7. The first-order valence-corrected chi connectivity index (χ1v) is 13.2. The largest absolute Gasteiger partial charge is 0.393 e. The van der Waals surface area contributed by atoms with Crippen LogP contribution in [-0.2, 0) is 4.74 Å². The van der Waals surface area contributed by atoms with E-state index in [1.165, 1.54) is 24.8 Å². The van der Waals surface area contributed by atoms with Crippen molar-refractivity contribution in [1.82, 2.24) is 5.32 Å². The van der Waals surface area contributed by atoms with Crippen LogP contribution in [0.2, 0.25) is 0 Å².